The molecule has 12 heavy (non-hydrogen) atoms. The molecule has 0 aromatic carbocycles. The zero-order valence-electron chi connectivity index (χ0n) is 8.26. The first-order valence-corrected chi connectivity index (χ1v) is 4.20. The number of nitrogens with zero attached hydrogens (tertiary/aromatic N) is 1. The summed E-state index contributed by atoms with van der Waals surface area (Å²) in [6.07, 6.45) is 0. The lowest BCUT2D eigenvalue weighted by atomic mass is 10.2. The smallest absolute Gasteiger partial charge is 0.326 e. The van der Waals surface area contributed by atoms with Crippen molar-refractivity contribution in [3.63, 3.8) is 0 Å². The second-order valence-corrected chi connectivity index (χ2v) is 3.13. The van der Waals surface area contributed by atoms with E-state index in [1.165, 1.54) is 0 Å². The molecule has 0 aliphatic carbocycles. The summed E-state index contributed by atoms with van der Waals surface area (Å²) in [4.78, 5) is 17.5. The van der Waals surface area contributed by atoms with E-state index in [1.54, 1.807) is 11.9 Å². The molecule has 0 aromatic rings. The molecule has 0 aliphatic rings. The van der Waals surface area contributed by atoms with Crippen molar-refractivity contribution in [1.82, 2.24) is 10.4 Å². The molecule has 0 atom stereocenters. The zero-order chi connectivity index (χ0) is 9.56. The molecule has 0 fully saturated rings. The van der Waals surface area contributed by atoms with Gasteiger partial charge in [-0.25, -0.2) is 10.3 Å². The van der Waals surface area contributed by atoms with Crippen LogP contribution < -0.4 is 5.48 Å². The van der Waals surface area contributed by atoms with E-state index >= 15 is 0 Å². The van der Waals surface area contributed by atoms with Crippen molar-refractivity contribution in [2.45, 2.75) is 20.8 Å². The maximum Gasteiger partial charge on any atom is 0.341 e. The maximum absolute atomic E-state index is 11.0. The number of nitrogens with one attached hydrogen (secondary N) is 1. The van der Waals surface area contributed by atoms with Gasteiger partial charge in [0.2, 0.25) is 0 Å². The Bertz CT molecular complexity index is 137. The SMILES string of the molecule is CCN(C)C(=O)NOCC(C)C. The highest BCUT2D eigenvalue weighted by Crippen LogP contribution is 1.90. The van der Waals surface area contributed by atoms with Gasteiger partial charge in [-0.05, 0) is 12.8 Å². The van der Waals surface area contributed by atoms with Gasteiger partial charge in [0.15, 0.2) is 0 Å². The average Bonchev–Trinajstić information content (AvgIpc) is 2.02. The van der Waals surface area contributed by atoms with Crippen LogP contribution in [0.4, 0.5) is 4.79 Å². The van der Waals surface area contributed by atoms with Gasteiger partial charge in [-0.15, -0.1) is 0 Å². The Morgan fingerprint density at radius 2 is 2.17 bits per heavy atom. The van der Waals surface area contributed by atoms with Crippen molar-refractivity contribution in [3.8, 4) is 0 Å². The molecule has 72 valence electrons. The van der Waals surface area contributed by atoms with E-state index in [-0.39, 0.29) is 6.03 Å². The highest BCUT2D eigenvalue weighted by molar-refractivity contribution is 5.72. The first-order chi connectivity index (χ1) is 5.57. The molecular formula is C8H18N2O2. The second-order valence-electron chi connectivity index (χ2n) is 3.13. The van der Waals surface area contributed by atoms with Crippen LogP contribution in [0.15, 0.2) is 0 Å². The van der Waals surface area contributed by atoms with Gasteiger partial charge in [-0.1, -0.05) is 13.8 Å². The van der Waals surface area contributed by atoms with Gasteiger partial charge in [0, 0.05) is 13.6 Å². The fraction of sp³-hybridized carbons (Fsp3) is 0.875. The largest absolute Gasteiger partial charge is 0.341 e. The maximum atomic E-state index is 11.0. The summed E-state index contributed by atoms with van der Waals surface area (Å²) in [5.41, 5.74) is 2.35. The summed E-state index contributed by atoms with van der Waals surface area (Å²) in [6, 6.07) is -0.196. The van der Waals surface area contributed by atoms with E-state index in [4.69, 9.17) is 4.84 Å². The molecule has 4 heteroatoms. The molecule has 0 spiro atoms. The van der Waals surface area contributed by atoms with Crippen LogP contribution in [-0.4, -0.2) is 31.1 Å². The van der Waals surface area contributed by atoms with Crippen LogP contribution in [-0.2, 0) is 4.84 Å². The van der Waals surface area contributed by atoms with Gasteiger partial charge in [0.25, 0.3) is 0 Å². The van der Waals surface area contributed by atoms with Crippen LogP contribution in [0.5, 0.6) is 0 Å². The number of hydrogen-bond donors (Lipinski definition) is 1. The number of carbonyl (C=O) groups is 1. The number of rotatable bonds is 4. The Hall–Kier alpha value is -0.770. The van der Waals surface area contributed by atoms with Crippen molar-refractivity contribution in [2.75, 3.05) is 20.2 Å². The average molecular weight is 174 g/mol. The lowest BCUT2D eigenvalue weighted by molar-refractivity contribution is 0.0351. The summed E-state index contributed by atoms with van der Waals surface area (Å²) >= 11 is 0. The van der Waals surface area contributed by atoms with Gasteiger partial charge in [-0.3, -0.25) is 4.84 Å². The van der Waals surface area contributed by atoms with Crippen molar-refractivity contribution < 1.29 is 9.63 Å². The van der Waals surface area contributed by atoms with Crippen LogP contribution in [0.25, 0.3) is 0 Å². The number of urea groups is 1. The normalized spacial score (nSPS) is 10.1. The predicted octanol–water partition coefficient (Wildman–Crippen LogP) is 1.24. The van der Waals surface area contributed by atoms with Gasteiger partial charge < -0.3 is 4.90 Å². The molecule has 2 amide bonds. The molecule has 0 bridgehead atoms. The summed E-state index contributed by atoms with van der Waals surface area (Å²) in [5, 5.41) is 0. The van der Waals surface area contributed by atoms with E-state index in [1.807, 2.05) is 20.8 Å². The number of hydroxylamine groups is 1. The number of hydrogen-bond acceptors (Lipinski definition) is 2. The molecule has 1 N–H and O–H groups in total. The minimum atomic E-state index is -0.196. The van der Waals surface area contributed by atoms with Gasteiger partial charge in [0.05, 0.1) is 6.61 Å². The van der Waals surface area contributed by atoms with Crippen LogP contribution in [0, 0.1) is 5.92 Å². The Balaban J connectivity index is 3.44. The number of amides is 2. The summed E-state index contributed by atoms with van der Waals surface area (Å²) in [6.45, 7) is 7.17. The van der Waals surface area contributed by atoms with E-state index in [2.05, 4.69) is 5.48 Å². The topological polar surface area (TPSA) is 41.6 Å². The van der Waals surface area contributed by atoms with Crippen molar-refractivity contribution in [2.24, 2.45) is 5.92 Å². The van der Waals surface area contributed by atoms with Crippen LogP contribution in [0.3, 0.4) is 0 Å². The van der Waals surface area contributed by atoms with E-state index < -0.39 is 0 Å². The third-order valence-corrected chi connectivity index (χ3v) is 1.40. The van der Waals surface area contributed by atoms with Gasteiger partial charge >= 0.3 is 6.03 Å². The van der Waals surface area contributed by atoms with Crippen molar-refractivity contribution in [3.05, 3.63) is 0 Å². The minimum absolute atomic E-state index is 0.196. The molecule has 0 saturated carbocycles. The molecule has 0 rings (SSSR count). The van der Waals surface area contributed by atoms with Crippen molar-refractivity contribution >= 4 is 6.03 Å². The van der Waals surface area contributed by atoms with E-state index in [9.17, 15) is 4.79 Å². The standard InChI is InChI=1S/C8H18N2O2/c1-5-10(4)8(11)9-12-6-7(2)3/h7H,5-6H2,1-4H3,(H,9,11). The Morgan fingerprint density at radius 3 is 2.58 bits per heavy atom. The van der Waals surface area contributed by atoms with E-state index in [0.717, 1.165) is 0 Å². The lowest BCUT2D eigenvalue weighted by Crippen LogP contribution is -2.37. The molecule has 0 aliphatic heterocycles. The molecule has 0 radical (unpaired) electrons. The minimum Gasteiger partial charge on any atom is -0.326 e. The predicted molar refractivity (Wildman–Crippen MR) is 47.6 cm³/mol. The Labute approximate surface area is 73.8 Å². The molecular weight excluding hydrogens is 156 g/mol. The third-order valence-electron chi connectivity index (χ3n) is 1.40. The quantitative estimate of drug-likeness (QED) is 0.651. The fourth-order valence-corrected chi connectivity index (χ4v) is 0.492. The Morgan fingerprint density at radius 1 is 1.58 bits per heavy atom. The third kappa shape index (κ3) is 4.96. The lowest BCUT2D eigenvalue weighted by Gasteiger charge is -2.15. The molecule has 0 saturated heterocycles. The molecule has 0 aromatic heterocycles. The highest BCUT2D eigenvalue weighted by Gasteiger charge is 2.04. The first-order valence-electron chi connectivity index (χ1n) is 4.20. The van der Waals surface area contributed by atoms with Crippen LogP contribution in [0.2, 0.25) is 0 Å². The molecule has 0 heterocycles. The Kier molecular flexibility index (Phi) is 5.45. The summed E-state index contributed by atoms with van der Waals surface area (Å²) in [7, 11) is 1.72. The summed E-state index contributed by atoms with van der Waals surface area (Å²) < 4.78 is 0. The monoisotopic (exact) mass is 174 g/mol. The van der Waals surface area contributed by atoms with Crippen molar-refractivity contribution in [1.29, 1.82) is 0 Å². The molecule has 0 unspecified atom stereocenters. The second kappa shape index (κ2) is 5.83. The zero-order valence-corrected chi connectivity index (χ0v) is 8.26. The van der Waals surface area contributed by atoms with Gasteiger partial charge in [-0.2, -0.15) is 0 Å². The van der Waals surface area contributed by atoms with Crippen LogP contribution in [0.1, 0.15) is 20.8 Å². The first kappa shape index (κ1) is 11.2. The van der Waals surface area contributed by atoms with E-state index in [0.29, 0.717) is 19.1 Å². The fourth-order valence-electron chi connectivity index (χ4n) is 0.492. The highest BCUT2D eigenvalue weighted by atomic mass is 16.7. The summed E-state index contributed by atoms with van der Waals surface area (Å²) in [5.74, 6) is 0.428. The van der Waals surface area contributed by atoms with Gasteiger partial charge in [0.1, 0.15) is 0 Å². The number of carbonyl (C=O) groups excluding carboxylic acids is 1. The van der Waals surface area contributed by atoms with Crippen LogP contribution >= 0.6 is 0 Å². The molecule has 4 nitrogen and oxygen atoms in total.